The first kappa shape index (κ1) is 15.0. The summed E-state index contributed by atoms with van der Waals surface area (Å²) in [7, 11) is 0. The van der Waals surface area contributed by atoms with Crippen LogP contribution in [0.3, 0.4) is 0 Å². The normalized spacial score (nSPS) is 22.1. The molecule has 1 aromatic carbocycles. The highest BCUT2D eigenvalue weighted by molar-refractivity contribution is 7.80. The highest BCUT2D eigenvalue weighted by atomic mass is 32.1. The second-order valence-corrected chi connectivity index (χ2v) is 5.79. The van der Waals surface area contributed by atoms with Crippen molar-refractivity contribution >= 4 is 23.2 Å². The van der Waals surface area contributed by atoms with Crippen LogP contribution in [0.2, 0.25) is 0 Å². The Labute approximate surface area is 135 Å². The van der Waals surface area contributed by atoms with Gasteiger partial charge in [-0.1, -0.05) is 30.3 Å². The number of amides is 1. The van der Waals surface area contributed by atoms with E-state index in [1.54, 1.807) is 0 Å². The summed E-state index contributed by atoms with van der Waals surface area (Å²) >= 11 is 5.25. The minimum atomic E-state index is -0.217. The van der Waals surface area contributed by atoms with Gasteiger partial charge in [0, 0.05) is 18.8 Å². The molecule has 2 N–H and O–H groups in total. The Balaban J connectivity index is 1.94. The number of carbonyl (C=O) groups excluding carboxylic acids is 1. The highest BCUT2D eigenvalue weighted by Gasteiger charge is 2.32. The summed E-state index contributed by atoms with van der Waals surface area (Å²) in [5.41, 5.74) is 2.57. The molecule has 2 aliphatic rings. The van der Waals surface area contributed by atoms with E-state index in [4.69, 9.17) is 17.0 Å². The summed E-state index contributed by atoms with van der Waals surface area (Å²) in [5, 5.41) is 6.83. The van der Waals surface area contributed by atoms with Gasteiger partial charge in [-0.15, -0.1) is 0 Å². The molecule has 2 heterocycles. The van der Waals surface area contributed by atoms with Gasteiger partial charge >= 0.3 is 0 Å². The van der Waals surface area contributed by atoms with E-state index >= 15 is 0 Å². The number of ether oxygens (including phenoxy) is 1. The van der Waals surface area contributed by atoms with Crippen LogP contribution in [0.25, 0.3) is 0 Å². The molecule has 116 valence electrons. The molecule has 0 bridgehead atoms. The first-order valence-electron chi connectivity index (χ1n) is 7.37. The molecule has 3 rings (SSSR count). The van der Waals surface area contributed by atoms with E-state index < -0.39 is 0 Å². The number of hydrogen-bond acceptors (Lipinski definition) is 3. The summed E-state index contributed by atoms with van der Waals surface area (Å²) < 4.78 is 5.33. The Bertz CT molecular complexity index is 609. The molecule has 0 spiro atoms. The molecule has 0 unspecified atom stereocenters. The predicted octanol–water partition coefficient (Wildman–Crippen LogP) is 1.34. The fraction of sp³-hybridized carbons (Fsp3) is 0.375. The summed E-state index contributed by atoms with van der Waals surface area (Å²) in [6.07, 6.45) is 0. The molecule has 0 radical (unpaired) electrons. The largest absolute Gasteiger partial charge is 0.378 e. The van der Waals surface area contributed by atoms with Gasteiger partial charge in [-0.2, -0.15) is 0 Å². The first-order valence-corrected chi connectivity index (χ1v) is 7.78. The first-order chi connectivity index (χ1) is 10.7. The van der Waals surface area contributed by atoms with Gasteiger partial charge in [0.05, 0.1) is 24.8 Å². The van der Waals surface area contributed by atoms with Crippen LogP contribution in [0.15, 0.2) is 41.6 Å². The number of thiocarbonyl (C=S) groups is 1. The fourth-order valence-electron chi connectivity index (χ4n) is 2.81. The molecule has 1 fully saturated rings. The van der Waals surface area contributed by atoms with Gasteiger partial charge in [0.25, 0.3) is 5.91 Å². The van der Waals surface area contributed by atoms with Crippen LogP contribution in [0.1, 0.15) is 18.5 Å². The quantitative estimate of drug-likeness (QED) is 0.806. The topological polar surface area (TPSA) is 53.6 Å². The second kappa shape index (κ2) is 6.46. The van der Waals surface area contributed by atoms with E-state index in [1.807, 2.05) is 42.2 Å². The molecule has 1 atom stereocenters. The van der Waals surface area contributed by atoms with Gasteiger partial charge < -0.3 is 20.3 Å². The average molecular weight is 317 g/mol. The molecular weight excluding hydrogens is 298 g/mol. The zero-order valence-electron chi connectivity index (χ0n) is 12.5. The Morgan fingerprint density at radius 1 is 1.27 bits per heavy atom. The fourth-order valence-corrected chi connectivity index (χ4v) is 3.08. The van der Waals surface area contributed by atoms with Crippen LogP contribution < -0.4 is 10.6 Å². The minimum absolute atomic E-state index is 0.0390. The third kappa shape index (κ3) is 2.98. The number of benzene rings is 1. The van der Waals surface area contributed by atoms with E-state index in [9.17, 15) is 4.79 Å². The number of allylic oxidation sites excluding steroid dienone is 1. The lowest BCUT2D eigenvalue weighted by Crippen LogP contribution is -2.49. The smallest absolute Gasteiger partial charge is 0.254 e. The summed E-state index contributed by atoms with van der Waals surface area (Å²) in [6, 6.07) is 9.69. The van der Waals surface area contributed by atoms with Crippen molar-refractivity contribution in [3.63, 3.8) is 0 Å². The van der Waals surface area contributed by atoms with Crippen molar-refractivity contribution in [2.24, 2.45) is 0 Å². The van der Waals surface area contributed by atoms with Gasteiger partial charge in [-0.3, -0.25) is 4.79 Å². The summed E-state index contributed by atoms with van der Waals surface area (Å²) in [5.74, 6) is 0.0390. The minimum Gasteiger partial charge on any atom is -0.378 e. The lowest BCUT2D eigenvalue weighted by Gasteiger charge is -2.34. The molecule has 0 aliphatic carbocycles. The lowest BCUT2D eigenvalue weighted by atomic mass is 9.94. The molecule has 2 aliphatic heterocycles. The van der Waals surface area contributed by atoms with Crippen LogP contribution in [-0.4, -0.2) is 42.2 Å². The number of rotatable bonds is 2. The van der Waals surface area contributed by atoms with Crippen molar-refractivity contribution < 1.29 is 9.53 Å². The van der Waals surface area contributed by atoms with Crippen molar-refractivity contribution in [3.05, 3.63) is 47.2 Å². The van der Waals surface area contributed by atoms with Crippen LogP contribution >= 0.6 is 12.2 Å². The average Bonchev–Trinajstić information content (AvgIpc) is 2.55. The van der Waals surface area contributed by atoms with Crippen molar-refractivity contribution in [1.29, 1.82) is 0 Å². The number of hydrogen-bond donors (Lipinski definition) is 2. The number of carbonyl (C=O) groups is 1. The second-order valence-electron chi connectivity index (χ2n) is 5.39. The maximum atomic E-state index is 12.9. The maximum Gasteiger partial charge on any atom is 0.254 e. The number of nitrogens with one attached hydrogen (secondary N) is 2. The number of nitrogens with zero attached hydrogens (tertiary/aromatic N) is 1. The van der Waals surface area contributed by atoms with Crippen molar-refractivity contribution in [1.82, 2.24) is 15.5 Å². The maximum absolute atomic E-state index is 12.9. The van der Waals surface area contributed by atoms with Crippen molar-refractivity contribution in [2.45, 2.75) is 13.0 Å². The predicted molar refractivity (Wildman–Crippen MR) is 88.2 cm³/mol. The molecular formula is C16H19N3O2S. The zero-order valence-corrected chi connectivity index (χ0v) is 13.3. The van der Waals surface area contributed by atoms with Gasteiger partial charge in [0.15, 0.2) is 5.11 Å². The SMILES string of the molecule is CC1=C(C(=O)N2CCOCC2)[C@@H](c2ccccc2)NC(=S)N1. The van der Waals surface area contributed by atoms with E-state index in [2.05, 4.69) is 10.6 Å². The van der Waals surface area contributed by atoms with Crippen molar-refractivity contribution in [3.8, 4) is 0 Å². The molecule has 1 saturated heterocycles. The molecule has 0 saturated carbocycles. The molecule has 1 aromatic rings. The third-order valence-electron chi connectivity index (χ3n) is 3.93. The third-order valence-corrected chi connectivity index (χ3v) is 4.15. The van der Waals surface area contributed by atoms with Gasteiger partial charge in [-0.25, -0.2) is 0 Å². The van der Waals surface area contributed by atoms with Gasteiger partial charge in [-0.05, 0) is 24.7 Å². The van der Waals surface area contributed by atoms with Crippen LogP contribution in [-0.2, 0) is 9.53 Å². The van der Waals surface area contributed by atoms with E-state index in [0.29, 0.717) is 31.4 Å². The molecule has 6 heteroatoms. The van der Waals surface area contributed by atoms with Crippen molar-refractivity contribution in [2.75, 3.05) is 26.3 Å². The number of morpholine rings is 1. The van der Waals surface area contributed by atoms with E-state index in [-0.39, 0.29) is 11.9 Å². The van der Waals surface area contributed by atoms with E-state index in [0.717, 1.165) is 16.8 Å². The molecule has 1 amide bonds. The Hall–Kier alpha value is -1.92. The Morgan fingerprint density at radius 3 is 2.64 bits per heavy atom. The van der Waals surface area contributed by atoms with Crippen LogP contribution in [0.5, 0.6) is 0 Å². The van der Waals surface area contributed by atoms with Crippen LogP contribution in [0.4, 0.5) is 0 Å². The molecule has 5 nitrogen and oxygen atoms in total. The molecule has 0 aromatic heterocycles. The van der Waals surface area contributed by atoms with Crippen LogP contribution in [0, 0.1) is 0 Å². The molecule has 22 heavy (non-hydrogen) atoms. The lowest BCUT2D eigenvalue weighted by molar-refractivity contribution is -0.131. The summed E-state index contributed by atoms with van der Waals surface area (Å²) in [4.78, 5) is 14.8. The van der Waals surface area contributed by atoms with Gasteiger partial charge in [0.2, 0.25) is 0 Å². The monoisotopic (exact) mass is 317 g/mol. The van der Waals surface area contributed by atoms with E-state index in [1.165, 1.54) is 0 Å². The summed E-state index contributed by atoms with van der Waals surface area (Å²) in [6.45, 7) is 4.33. The Kier molecular flexibility index (Phi) is 4.40. The highest BCUT2D eigenvalue weighted by Crippen LogP contribution is 2.28. The zero-order chi connectivity index (χ0) is 15.5. The Morgan fingerprint density at radius 2 is 1.95 bits per heavy atom. The van der Waals surface area contributed by atoms with Gasteiger partial charge in [0.1, 0.15) is 0 Å². The standard InChI is InChI=1S/C16H19N3O2S/c1-11-13(15(20)19-7-9-21-10-8-19)14(18-16(22)17-11)12-5-3-2-4-6-12/h2-6,14H,7-10H2,1H3,(H2,17,18,22)/t14-/m1/s1.